The number of rotatable bonds is 8. The lowest BCUT2D eigenvalue weighted by atomic mass is 9.44. The highest BCUT2D eigenvalue weighted by molar-refractivity contribution is 5.24. The minimum atomic E-state index is 0.0829. The van der Waals surface area contributed by atoms with Gasteiger partial charge in [-0.2, -0.15) is 5.26 Å². The molecule has 0 aromatic carbocycles. The smallest absolute Gasteiger partial charge is 0.103 e. The molecule has 10 atom stereocenters. The molecule has 4 saturated carbocycles. The third kappa shape index (κ3) is 3.81. The van der Waals surface area contributed by atoms with E-state index in [4.69, 9.17) is 14.7 Å². The van der Waals surface area contributed by atoms with Crippen molar-refractivity contribution >= 4 is 0 Å². The molecular weight excluding hydrogens is 406 g/mol. The molecule has 5 rings (SSSR count). The first-order valence-electron chi connectivity index (χ1n) is 14.4. The van der Waals surface area contributed by atoms with Gasteiger partial charge in [0.1, 0.15) is 5.60 Å². The van der Waals surface area contributed by atoms with Crippen molar-refractivity contribution < 1.29 is 9.47 Å². The molecule has 0 N–H and O–H groups in total. The van der Waals surface area contributed by atoms with Crippen LogP contribution in [-0.2, 0) is 9.47 Å². The van der Waals surface area contributed by atoms with Crippen LogP contribution in [0.3, 0.4) is 0 Å². The summed E-state index contributed by atoms with van der Waals surface area (Å²) in [5.74, 6) is 5.28. The summed E-state index contributed by atoms with van der Waals surface area (Å²) in [5.41, 5.74) is 0.971. The molecule has 5 aliphatic rings. The Hall–Kier alpha value is -0.590. The van der Waals surface area contributed by atoms with Crippen LogP contribution >= 0.6 is 0 Å². The molecule has 33 heavy (non-hydrogen) atoms. The van der Waals surface area contributed by atoms with E-state index in [0.29, 0.717) is 36.1 Å². The maximum atomic E-state index is 8.87. The van der Waals surface area contributed by atoms with Gasteiger partial charge in [0.05, 0.1) is 31.3 Å². The van der Waals surface area contributed by atoms with E-state index in [2.05, 4.69) is 40.7 Å². The molecule has 0 amide bonds. The summed E-state index contributed by atoms with van der Waals surface area (Å²) in [6.45, 7) is 13.2. The molecular formula is C30H49NO2. The summed E-state index contributed by atoms with van der Waals surface area (Å²) in [4.78, 5) is 0. The van der Waals surface area contributed by atoms with E-state index in [1.54, 1.807) is 0 Å². The van der Waals surface area contributed by atoms with Gasteiger partial charge in [0.25, 0.3) is 0 Å². The zero-order valence-electron chi connectivity index (χ0n) is 22.1. The van der Waals surface area contributed by atoms with E-state index < -0.39 is 0 Å². The second-order valence-corrected chi connectivity index (χ2v) is 13.7. The predicted molar refractivity (Wildman–Crippen MR) is 133 cm³/mol. The molecule has 1 spiro atoms. The van der Waals surface area contributed by atoms with Crippen LogP contribution in [-0.4, -0.2) is 24.4 Å². The van der Waals surface area contributed by atoms with Crippen LogP contribution in [0.5, 0.6) is 0 Å². The Morgan fingerprint density at radius 2 is 1.85 bits per heavy atom. The monoisotopic (exact) mass is 455 g/mol. The Morgan fingerprint density at radius 1 is 1.03 bits per heavy atom. The summed E-state index contributed by atoms with van der Waals surface area (Å²) in [6.07, 6.45) is 16.1. The maximum absolute atomic E-state index is 8.87. The van der Waals surface area contributed by atoms with Gasteiger partial charge in [0.15, 0.2) is 0 Å². The summed E-state index contributed by atoms with van der Waals surface area (Å²) >= 11 is 0. The van der Waals surface area contributed by atoms with Crippen molar-refractivity contribution in [2.75, 3.05) is 6.61 Å². The van der Waals surface area contributed by atoms with Gasteiger partial charge in [-0.1, -0.05) is 53.9 Å². The van der Waals surface area contributed by atoms with E-state index in [1.165, 1.54) is 57.8 Å². The topological polar surface area (TPSA) is 45.5 Å². The van der Waals surface area contributed by atoms with Crippen molar-refractivity contribution in [2.24, 2.45) is 46.3 Å². The molecule has 0 aromatic heterocycles. The Labute approximate surface area is 203 Å². The molecule has 5 fully saturated rings. The third-order valence-corrected chi connectivity index (χ3v) is 11.8. The van der Waals surface area contributed by atoms with E-state index in [0.717, 1.165) is 48.3 Å². The third-order valence-electron chi connectivity index (χ3n) is 11.8. The average molecular weight is 456 g/mol. The number of hydrogen-bond donors (Lipinski definition) is 0. The van der Waals surface area contributed by atoms with Crippen LogP contribution in [0.1, 0.15) is 112 Å². The highest BCUT2D eigenvalue weighted by atomic mass is 16.6. The normalized spacial score (nSPS) is 48.9. The fourth-order valence-corrected chi connectivity index (χ4v) is 10.1. The van der Waals surface area contributed by atoms with E-state index >= 15 is 0 Å². The van der Waals surface area contributed by atoms with Crippen molar-refractivity contribution in [1.29, 1.82) is 5.26 Å². The van der Waals surface area contributed by atoms with Crippen molar-refractivity contribution in [1.82, 2.24) is 0 Å². The molecule has 1 heterocycles. The first-order chi connectivity index (χ1) is 15.7. The van der Waals surface area contributed by atoms with Crippen molar-refractivity contribution in [2.45, 2.75) is 129 Å². The standard InChI is InChI=1S/C30H49NO2/c1-20(2)8-6-9-21(3)24-10-11-25-23-18-27-30(33-27)19-22(32-17-7-16-31)12-15-29(30,5)26(23)13-14-28(24,25)4/h20-27H,6-15,17-19H2,1-5H3/t21-,22+,23+,24-,25+,26+,27-,28-,29-,30-/m1/s1. The number of ether oxygens (including phenoxy) is 2. The fraction of sp³-hybridized carbons (Fsp3) is 0.967. The van der Waals surface area contributed by atoms with Gasteiger partial charge in [-0.15, -0.1) is 0 Å². The van der Waals surface area contributed by atoms with E-state index in [9.17, 15) is 0 Å². The van der Waals surface area contributed by atoms with Gasteiger partial charge >= 0.3 is 0 Å². The fourth-order valence-electron chi connectivity index (χ4n) is 10.1. The van der Waals surface area contributed by atoms with Crippen LogP contribution in [0, 0.1) is 57.7 Å². The molecule has 3 heteroatoms. The van der Waals surface area contributed by atoms with E-state index in [1.807, 2.05) is 0 Å². The lowest BCUT2D eigenvalue weighted by Gasteiger charge is -2.59. The van der Waals surface area contributed by atoms with Gasteiger partial charge in [-0.25, -0.2) is 0 Å². The van der Waals surface area contributed by atoms with Gasteiger partial charge in [0, 0.05) is 11.8 Å². The number of hydrogen-bond acceptors (Lipinski definition) is 3. The second kappa shape index (κ2) is 8.81. The minimum Gasteiger partial charge on any atom is -0.377 e. The van der Waals surface area contributed by atoms with Crippen molar-refractivity contribution in [3.8, 4) is 6.07 Å². The van der Waals surface area contributed by atoms with Crippen LogP contribution in [0.15, 0.2) is 0 Å². The second-order valence-electron chi connectivity index (χ2n) is 13.7. The first kappa shape index (κ1) is 24.1. The highest BCUT2D eigenvalue weighted by Gasteiger charge is 2.76. The molecule has 0 aromatic rings. The largest absolute Gasteiger partial charge is 0.377 e. The lowest BCUT2D eigenvalue weighted by molar-refractivity contribution is -0.125. The molecule has 4 aliphatic carbocycles. The zero-order chi connectivity index (χ0) is 23.4. The number of nitriles is 1. The summed E-state index contributed by atoms with van der Waals surface area (Å²) in [7, 11) is 0. The number of fused-ring (bicyclic) bond motifs is 4. The minimum absolute atomic E-state index is 0.0829. The average Bonchev–Trinajstić information content (AvgIpc) is 3.34. The Bertz CT molecular complexity index is 759. The van der Waals surface area contributed by atoms with Crippen LogP contribution in [0.2, 0.25) is 0 Å². The molecule has 0 radical (unpaired) electrons. The van der Waals surface area contributed by atoms with Gasteiger partial charge < -0.3 is 9.47 Å². The lowest BCUT2D eigenvalue weighted by Crippen LogP contribution is -2.58. The molecule has 186 valence electrons. The molecule has 0 unspecified atom stereocenters. The highest BCUT2D eigenvalue weighted by Crippen LogP contribution is 2.74. The molecule has 1 saturated heterocycles. The van der Waals surface area contributed by atoms with E-state index in [-0.39, 0.29) is 5.60 Å². The molecule has 3 nitrogen and oxygen atoms in total. The Balaban J connectivity index is 1.27. The molecule has 0 bridgehead atoms. The summed E-state index contributed by atoms with van der Waals surface area (Å²) < 4.78 is 12.8. The van der Waals surface area contributed by atoms with Crippen LogP contribution < -0.4 is 0 Å². The van der Waals surface area contributed by atoms with Gasteiger partial charge in [-0.3, -0.25) is 0 Å². The molecule has 1 aliphatic heterocycles. The van der Waals surface area contributed by atoms with Crippen LogP contribution in [0.25, 0.3) is 0 Å². The number of nitrogens with zero attached hydrogens (tertiary/aromatic N) is 1. The number of epoxide rings is 1. The van der Waals surface area contributed by atoms with Gasteiger partial charge in [0.2, 0.25) is 0 Å². The predicted octanol–water partition coefficient (Wildman–Crippen LogP) is 7.54. The Morgan fingerprint density at radius 3 is 2.61 bits per heavy atom. The Kier molecular flexibility index (Phi) is 6.44. The SMILES string of the molecule is CC(C)CCC[C@@H](C)[C@H]1CC[C@H]2[C@@H]3C[C@H]4O[C@]45C[C@@H](OCCC#N)CC[C@]5(C)[C@H]3CC[C@]12C. The summed E-state index contributed by atoms with van der Waals surface area (Å²) in [5, 5.41) is 8.87. The maximum Gasteiger partial charge on any atom is 0.103 e. The zero-order valence-corrected chi connectivity index (χ0v) is 22.1. The van der Waals surface area contributed by atoms with Crippen molar-refractivity contribution in [3.05, 3.63) is 0 Å². The quantitative estimate of drug-likeness (QED) is 0.280. The van der Waals surface area contributed by atoms with Crippen LogP contribution in [0.4, 0.5) is 0 Å². The van der Waals surface area contributed by atoms with Crippen molar-refractivity contribution in [3.63, 3.8) is 0 Å². The summed E-state index contributed by atoms with van der Waals surface area (Å²) in [6, 6.07) is 2.22. The van der Waals surface area contributed by atoms with Gasteiger partial charge in [-0.05, 0) is 85.9 Å². The first-order valence-corrected chi connectivity index (χ1v) is 14.4.